The van der Waals surface area contributed by atoms with Crippen LogP contribution in [0.15, 0.2) is 48.5 Å². The van der Waals surface area contributed by atoms with Crippen molar-refractivity contribution in [3.63, 3.8) is 0 Å². The van der Waals surface area contributed by atoms with Crippen LogP contribution in [0.1, 0.15) is 28.9 Å². The van der Waals surface area contributed by atoms with E-state index in [0.29, 0.717) is 11.3 Å². The number of methoxy groups -OCH3 is 1. The molecule has 0 saturated carbocycles. The minimum Gasteiger partial charge on any atom is -0.497 e. The Bertz CT molecular complexity index is 594. The molecule has 104 valence electrons. The molecule has 0 bridgehead atoms. The van der Waals surface area contributed by atoms with Gasteiger partial charge in [-0.25, -0.2) is 0 Å². The molecular formula is C16H18N2O2. The first kappa shape index (κ1) is 13.9. The molecule has 0 spiro atoms. The van der Waals surface area contributed by atoms with Gasteiger partial charge in [0.2, 0.25) is 0 Å². The van der Waals surface area contributed by atoms with Crippen LogP contribution in [0, 0.1) is 0 Å². The number of carbonyl (C=O) groups excluding carboxylic acids is 1. The Morgan fingerprint density at radius 1 is 1.20 bits per heavy atom. The monoisotopic (exact) mass is 270 g/mol. The number of carbonyl (C=O) groups is 1. The molecule has 0 aliphatic rings. The fourth-order valence-corrected chi connectivity index (χ4v) is 1.91. The quantitative estimate of drug-likeness (QED) is 0.840. The minimum absolute atomic E-state index is 0.102. The van der Waals surface area contributed by atoms with Gasteiger partial charge in [0, 0.05) is 11.3 Å². The second-order valence-corrected chi connectivity index (χ2v) is 4.59. The Hall–Kier alpha value is -2.49. The summed E-state index contributed by atoms with van der Waals surface area (Å²) in [4.78, 5) is 12.1. The Labute approximate surface area is 118 Å². The normalized spacial score (nSPS) is 11.7. The molecule has 2 aromatic carbocycles. The zero-order valence-electron chi connectivity index (χ0n) is 11.6. The molecule has 3 N–H and O–H groups in total. The first-order chi connectivity index (χ1) is 9.60. The predicted molar refractivity (Wildman–Crippen MR) is 79.7 cm³/mol. The summed E-state index contributed by atoms with van der Waals surface area (Å²) in [6.07, 6.45) is 0. The number of rotatable bonds is 4. The lowest BCUT2D eigenvalue weighted by atomic mass is 10.1. The molecule has 0 saturated heterocycles. The summed E-state index contributed by atoms with van der Waals surface area (Å²) < 4.78 is 5.18. The number of amides is 1. The number of benzene rings is 2. The van der Waals surface area contributed by atoms with Gasteiger partial charge >= 0.3 is 0 Å². The summed E-state index contributed by atoms with van der Waals surface area (Å²) in [7, 11) is 1.62. The van der Waals surface area contributed by atoms with Crippen LogP contribution in [0.25, 0.3) is 0 Å². The lowest BCUT2D eigenvalue weighted by molar-refractivity contribution is 0.0940. The standard InChI is InChI=1S/C16H18N2O2/c1-11(13-4-3-5-15(10-13)20-2)18-16(19)12-6-8-14(17)9-7-12/h3-11H,17H2,1-2H3,(H,18,19). The molecular weight excluding hydrogens is 252 g/mol. The summed E-state index contributed by atoms with van der Waals surface area (Å²) >= 11 is 0. The molecule has 0 radical (unpaired) electrons. The van der Waals surface area contributed by atoms with Crippen LogP contribution in [0.5, 0.6) is 5.75 Å². The molecule has 4 nitrogen and oxygen atoms in total. The lowest BCUT2D eigenvalue weighted by Gasteiger charge is -2.15. The number of anilines is 1. The minimum atomic E-state index is -0.125. The van der Waals surface area contributed by atoms with Crippen LogP contribution < -0.4 is 15.8 Å². The zero-order chi connectivity index (χ0) is 14.5. The van der Waals surface area contributed by atoms with Gasteiger partial charge in [-0.15, -0.1) is 0 Å². The van der Waals surface area contributed by atoms with E-state index in [0.717, 1.165) is 11.3 Å². The average molecular weight is 270 g/mol. The van der Waals surface area contributed by atoms with Crippen LogP contribution in [-0.2, 0) is 0 Å². The van der Waals surface area contributed by atoms with E-state index in [1.165, 1.54) is 0 Å². The van der Waals surface area contributed by atoms with Gasteiger partial charge in [-0.1, -0.05) is 12.1 Å². The van der Waals surface area contributed by atoms with Gasteiger partial charge in [-0.2, -0.15) is 0 Å². The van der Waals surface area contributed by atoms with E-state index < -0.39 is 0 Å². The molecule has 2 rings (SSSR count). The second-order valence-electron chi connectivity index (χ2n) is 4.59. The van der Waals surface area contributed by atoms with Crippen molar-refractivity contribution in [3.8, 4) is 5.75 Å². The van der Waals surface area contributed by atoms with Crippen molar-refractivity contribution in [2.75, 3.05) is 12.8 Å². The molecule has 4 heteroatoms. The third-order valence-electron chi connectivity index (χ3n) is 3.11. The van der Waals surface area contributed by atoms with Crippen LogP contribution >= 0.6 is 0 Å². The van der Waals surface area contributed by atoms with E-state index in [4.69, 9.17) is 10.5 Å². The van der Waals surface area contributed by atoms with Crippen LogP contribution in [0.3, 0.4) is 0 Å². The van der Waals surface area contributed by atoms with E-state index >= 15 is 0 Å². The van der Waals surface area contributed by atoms with Crippen LogP contribution in [0.2, 0.25) is 0 Å². The number of ether oxygens (including phenoxy) is 1. The highest BCUT2D eigenvalue weighted by Crippen LogP contribution is 2.19. The molecule has 0 aliphatic heterocycles. The summed E-state index contributed by atoms with van der Waals surface area (Å²) in [6, 6.07) is 14.4. The number of nitrogens with one attached hydrogen (secondary N) is 1. The van der Waals surface area contributed by atoms with Crippen molar-refractivity contribution in [1.82, 2.24) is 5.32 Å². The lowest BCUT2D eigenvalue weighted by Crippen LogP contribution is -2.26. The molecule has 1 amide bonds. The van der Waals surface area contributed by atoms with Gasteiger partial charge in [0.05, 0.1) is 13.2 Å². The first-order valence-corrected chi connectivity index (χ1v) is 6.40. The number of hydrogen-bond acceptors (Lipinski definition) is 3. The maximum atomic E-state index is 12.1. The van der Waals surface area contributed by atoms with Gasteiger partial charge in [0.1, 0.15) is 5.75 Å². The molecule has 2 aromatic rings. The van der Waals surface area contributed by atoms with Gasteiger partial charge in [0.25, 0.3) is 5.91 Å². The van der Waals surface area contributed by atoms with Crippen molar-refractivity contribution in [3.05, 3.63) is 59.7 Å². The highest BCUT2D eigenvalue weighted by Gasteiger charge is 2.11. The predicted octanol–water partition coefficient (Wildman–Crippen LogP) is 2.77. The van der Waals surface area contributed by atoms with E-state index in [1.807, 2.05) is 31.2 Å². The molecule has 20 heavy (non-hydrogen) atoms. The molecule has 1 unspecified atom stereocenters. The van der Waals surface area contributed by atoms with Gasteiger partial charge in [-0.3, -0.25) is 4.79 Å². The zero-order valence-corrected chi connectivity index (χ0v) is 11.6. The average Bonchev–Trinajstić information content (AvgIpc) is 2.47. The second kappa shape index (κ2) is 6.10. The third-order valence-corrected chi connectivity index (χ3v) is 3.11. The molecule has 0 aromatic heterocycles. The fraction of sp³-hybridized carbons (Fsp3) is 0.188. The highest BCUT2D eigenvalue weighted by atomic mass is 16.5. The van der Waals surface area contributed by atoms with Gasteiger partial charge in [0.15, 0.2) is 0 Å². The van der Waals surface area contributed by atoms with E-state index in [-0.39, 0.29) is 11.9 Å². The number of nitrogen functional groups attached to an aromatic ring is 1. The smallest absolute Gasteiger partial charge is 0.251 e. The first-order valence-electron chi connectivity index (χ1n) is 6.40. The molecule has 0 heterocycles. The summed E-state index contributed by atoms with van der Waals surface area (Å²) in [5, 5.41) is 2.95. The van der Waals surface area contributed by atoms with Crippen LogP contribution in [-0.4, -0.2) is 13.0 Å². The molecule has 0 aliphatic carbocycles. The van der Waals surface area contributed by atoms with Gasteiger partial charge < -0.3 is 15.8 Å². The van der Waals surface area contributed by atoms with E-state index in [1.54, 1.807) is 31.4 Å². The molecule has 1 atom stereocenters. The third kappa shape index (κ3) is 3.29. The maximum absolute atomic E-state index is 12.1. The van der Waals surface area contributed by atoms with Crippen molar-refractivity contribution in [2.24, 2.45) is 0 Å². The van der Waals surface area contributed by atoms with Crippen molar-refractivity contribution in [1.29, 1.82) is 0 Å². The van der Waals surface area contributed by atoms with Gasteiger partial charge in [-0.05, 0) is 48.9 Å². The summed E-state index contributed by atoms with van der Waals surface area (Å²) in [6.45, 7) is 1.93. The van der Waals surface area contributed by atoms with Crippen molar-refractivity contribution >= 4 is 11.6 Å². The number of nitrogens with two attached hydrogens (primary N) is 1. The number of hydrogen-bond donors (Lipinski definition) is 2. The van der Waals surface area contributed by atoms with E-state index in [2.05, 4.69) is 5.32 Å². The summed E-state index contributed by atoms with van der Waals surface area (Å²) in [5.74, 6) is 0.649. The highest BCUT2D eigenvalue weighted by molar-refractivity contribution is 5.94. The van der Waals surface area contributed by atoms with Crippen molar-refractivity contribution in [2.45, 2.75) is 13.0 Å². The summed E-state index contributed by atoms with van der Waals surface area (Å²) in [5.41, 5.74) is 7.83. The Balaban J connectivity index is 2.08. The van der Waals surface area contributed by atoms with E-state index in [9.17, 15) is 4.79 Å². The Morgan fingerprint density at radius 3 is 2.55 bits per heavy atom. The van der Waals surface area contributed by atoms with Crippen molar-refractivity contribution < 1.29 is 9.53 Å². The van der Waals surface area contributed by atoms with Crippen LogP contribution in [0.4, 0.5) is 5.69 Å². The Kier molecular flexibility index (Phi) is 4.25. The molecule has 0 fully saturated rings. The largest absolute Gasteiger partial charge is 0.497 e. The SMILES string of the molecule is COc1cccc(C(C)NC(=O)c2ccc(N)cc2)c1. The maximum Gasteiger partial charge on any atom is 0.251 e. The fourth-order valence-electron chi connectivity index (χ4n) is 1.91. The Morgan fingerprint density at radius 2 is 1.90 bits per heavy atom. The topological polar surface area (TPSA) is 64.3 Å².